The molecule has 1 aromatic rings. The molecule has 1 nitrogen and oxygen atoms in total. The van der Waals surface area contributed by atoms with Gasteiger partial charge in [0.25, 0.3) is 8.32 Å². The van der Waals surface area contributed by atoms with Gasteiger partial charge in [-0.3, -0.25) is 0 Å². The van der Waals surface area contributed by atoms with E-state index in [1.54, 1.807) is 0 Å². The molecule has 0 N–H and O–H groups in total. The van der Waals surface area contributed by atoms with Crippen molar-refractivity contribution in [3.05, 3.63) is 29.6 Å². The first-order valence-corrected chi connectivity index (χ1v) is 8.29. The van der Waals surface area contributed by atoms with Crippen LogP contribution in [0.2, 0.25) is 18.1 Å². The van der Waals surface area contributed by atoms with E-state index in [1.807, 2.05) is 33.9 Å². The Labute approximate surface area is 101 Å². The molecule has 0 atom stereocenters. The minimum atomic E-state index is -2.25. The van der Waals surface area contributed by atoms with E-state index < -0.39 is 25.8 Å². The molecule has 0 bridgehead atoms. The normalized spacial score (nSPS) is 12.7. The Bertz CT molecular complexity index is 424. The van der Waals surface area contributed by atoms with Gasteiger partial charge in [0.15, 0.2) is 11.6 Å². The molecule has 0 saturated carbocycles. The summed E-state index contributed by atoms with van der Waals surface area (Å²) in [5.41, 5.74) is 0. The van der Waals surface area contributed by atoms with Gasteiger partial charge in [-0.1, -0.05) is 20.8 Å². The van der Waals surface area contributed by atoms with Gasteiger partial charge in [0, 0.05) is 0 Å². The van der Waals surface area contributed by atoms with Gasteiger partial charge in [-0.05, 0) is 30.3 Å². The van der Waals surface area contributed by atoms with Gasteiger partial charge < -0.3 is 4.43 Å². The third-order valence-corrected chi connectivity index (χ3v) is 7.51. The second-order valence-electron chi connectivity index (χ2n) is 5.54. The van der Waals surface area contributed by atoms with Gasteiger partial charge in [0.05, 0.1) is 0 Å². The zero-order valence-electron chi connectivity index (χ0n) is 10.7. The molecule has 0 aliphatic heterocycles. The fraction of sp³-hybridized carbons (Fsp3) is 0.500. The summed E-state index contributed by atoms with van der Waals surface area (Å²) in [6.07, 6.45) is 0. The molecule has 0 heterocycles. The van der Waals surface area contributed by atoms with E-state index in [9.17, 15) is 13.2 Å². The minimum absolute atomic E-state index is 0.135. The van der Waals surface area contributed by atoms with Crippen LogP contribution in [-0.4, -0.2) is 8.32 Å². The lowest BCUT2D eigenvalue weighted by Crippen LogP contribution is -2.44. The van der Waals surface area contributed by atoms with Crippen LogP contribution in [0.1, 0.15) is 20.8 Å². The second kappa shape index (κ2) is 4.36. The van der Waals surface area contributed by atoms with Crippen molar-refractivity contribution in [3.63, 3.8) is 0 Å². The van der Waals surface area contributed by atoms with Crippen LogP contribution < -0.4 is 4.43 Å². The van der Waals surface area contributed by atoms with Gasteiger partial charge >= 0.3 is 0 Å². The molecule has 1 aromatic carbocycles. The summed E-state index contributed by atoms with van der Waals surface area (Å²) in [5.74, 6) is -4.16. The van der Waals surface area contributed by atoms with E-state index in [0.717, 1.165) is 12.1 Å². The third kappa shape index (κ3) is 2.83. The van der Waals surface area contributed by atoms with Crippen molar-refractivity contribution >= 4 is 8.32 Å². The summed E-state index contributed by atoms with van der Waals surface area (Å²) in [7, 11) is -2.25. The van der Waals surface area contributed by atoms with Crippen LogP contribution in [0, 0.1) is 17.5 Å². The number of rotatable bonds is 2. The van der Waals surface area contributed by atoms with Crippen LogP contribution >= 0.6 is 0 Å². The average Bonchev–Trinajstić information content (AvgIpc) is 2.17. The molecule has 0 amide bonds. The summed E-state index contributed by atoms with van der Waals surface area (Å²) < 4.78 is 44.9. The van der Waals surface area contributed by atoms with Gasteiger partial charge in [-0.25, -0.2) is 8.78 Å². The van der Waals surface area contributed by atoms with Crippen molar-refractivity contribution in [2.24, 2.45) is 0 Å². The van der Waals surface area contributed by atoms with Gasteiger partial charge in [-0.15, -0.1) is 0 Å². The highest BCUT2D eigenvalue weighted by Crippen LogP contribution is 2.38. The third-order valence-electron chi connectivity index (χ3n) is 3.17. The Balaban J connectivity index is 3.09. The summed E-state index contributed by atoms with van der Waals surface area (Å²) >= 11 is 0. The van der Waals surface area contributed by atoms with Crippen LogP contribution in [0.15, 0.2) is 12.1 Å². The fourth-order valence-electron chi connectivity index (χ4n) is 1.01. The molecular weight excluding hydrogens is 245 g/mol. The van der Waals surface area contributed by atoms with E-state index in [2.05, 4.69) is 0 Å². The molecule has 0 spiro atoms. The van der Waals surface area contributed by atoms with Crippen LogP contribution in [0.3, 0.4) is 0 Å². The predicted octanol–water partition coefficient (Wildman–Crippen LogP) is 4.49. The lowest BCUT2D eigenvalue weighted by molar-refractivity contribution is 0.404. The van der Waals surface area contributed by atoms with Crippen LogP contribution in [-0.2, 0) is 0 Å². The SMILES string of the molecule is CC(C)(C)[Si](C)(C)Oc1ccc(F)c(F)c1F. The molecule has 0 fully saturated rings. The quantitative estimate of drug-likeness (QED) is 0.563. The smallest absolute Gasteiger partial charge is 0.250 e. The highest BCUT2D eigenvalue weighted by molar-refractivity contribution is 6.74. The molecule has 96 valence electrons. The van der Waals surface area contributed by atoms with E-state index in [-0.39, 0.29) is 10.8 Å². The molecule has 17 heavy (non-hydrogen) atoms. The summed E-state index contributed by atoms with van der Waals surface area (Å²) in [6.45, 7) is 9.77. The maximum Gasteiger partial charge on any atom is 0.250 e. The van der Waals surface area contributed by atoms with E-state index >= 15 is 0 Å². The Morgan fingerprint density at radius 2 is 1.53 bits per heavy atom. The van der Waals surface area contributed by atoms with Crippen molar-refractivity contribution < 1.29 is 17.6 Å². The monoisotopic (exact) mass is 262 g/mol. The average molecular weight is 262 g/mol. The molecule has 0 aromatic heterocycles. The van der Waals surface area contributed by atoms with Crippen LogP contribution in [0.4, 0.5) is 13.2 Å². The van der Waals surface area contributed by atoms with Crippen LogP contribution in [0.5, 0.6) is 5.75 Å². The number of hydrogen-bond donors (Lipinski definition) is 0. The Hall–Kier alpha value is -0.973. The van der Waals surface area contributed by atoms with Crippen molar-refractivity contribution in [1.82, 2.24) is 0 Å². The first-order chi connectivity index (χ1) is 7.56. The number of halogens is 3. The largest absolute Gasteiger partial charge is 0.541 e. The predicted molar refractivity (Wildman–Crippen MR) is 64.1 cm³/mol. The molecule has 0 aliphatic rings. The first-order valence-electron chi connectivity index (χ1n) is 5.39. The minimum Gasteiger partial charge on any atom is -0.541 e. The second-order valence-corrected chi connectivity index (χ2v) is 10.3. The highest BCUT2D eigenvalue weighted by atomic mass is 28.4. The highest BCUT2D eigenvalue weighted by Gasteiger charge is 2.39. The maximum atomic E-state index is 13.5. The van der Waals surface area contributed by atoms with E-state index in [0.29, 0.717) is 0 Å². The number of benzene rings is 1. The zero-order chi connectivity index (χ0) is 13.4. The molecule has 0 radical (unpaired) electrons. The lowest BCUT2D eigenvalue weighted by atomic mass is 10.2. The Morgan fingerprint density at radius 1 is 1.00 bits per heavy atom. The van der Waals surface area contributed by atoms with Crippen LogP contribution in [0.25, 0.3) is 0 Å². The number of hydrogen-bond acceptors (Lipinski definition) is 1. The van der Waals surface area contributed by atoms with Crippen molar-refractivity contribution in [2.75, 3.05) is 0 Å². The summed E-state index contributed by atoms with van der Waals surface area (Å²) in [4.78, 5) is 0. The van der Waals surface area contributed by atoms with E-state index in [1.165, 1.54) is 0 Å². The summed E-state index contributed by atoms with van der Waals surface area (Å²) in [5, 5.41) is -0.135. The van der Waals surface area contributed by atoms with Crippen molar-refractivity contribution in [3.8, 4) is 5.75 Å². The summed E-state index contributed by atoms with van der Waals surface area (Å²) in [6, 6.07) is 2.01. The van der Waals surface area contributed by atoms with Crippen molar-refractivity contribution in [2.45, 2.75) is 38.9 Å². The lowest BCUT2D eigenvalue weighted by Gasteiger charge is -2.36. The molecular formula is C12H17F3OSi. The van der Waals surface area contributed by atoms with Crippen molar-refractivity contribution in [1.29, 1.82) is 0 Å². The zero-order valence-corrected chi connectivity index (χ0v) is 11.7. The molecule has 1 rings (SSSR count). The molecule has 0 unspecified atom stereocenters. The Kier molecular flexibility index (Phi) is 3.62. The molecule has 5 heteroatoms. The van der Waals surface area contributed by atoms with Gasteiger partial charge in [0.2, 0.25) is 5.82 Å². The van der Waals surface area contributed by atoms with Gasteiger partial charge in [-0.2, -0.15) is 4.39 Å². The van der Waals surface area contributed by atoms with Gasteiger partial charge in [0.1, 0.15) is 5.75 Å². The Morgan fingerprint density at radius 3 is 2.00 bits per heavy atom. The molecule has 0 aliphatic carbocycles. The first kappa shape index (κ1) is 14.1. The maximum absolute atomic E-state index is 13.5. The van der Waals surface area contributed by atoms with E-state index in [4.69, 9.17) is 4.43 Å². The topological polar surface area (TPSA) is 9.23 Å². The fourth-order valence-corrected chi connectivity index (χ4v) is 2.03. The standard InChI is InChI=1S/C12H17F3OSi/c1-12(2,3)17(4,5)16-9-7-6-8(13)10(14)11(9)15/h6-7H,1-5H3. The molecule has 0 saturated heterocycles.